The fraction of sp³-hybridized carbons (Fsp3) is 0.375. The molecule has 5 rings (SSSR count). The number of nitrogens with zero attached hydrogens (tertiary/aromatic N) is 4. The first-order valence-electron chi connectivity index (χ1n) is 11.1. The lowest BCUT2D eigenvalue weighted by molar-refractivity contribution is 0.0978. The number of imidazole rings is 1. The number of halogens is 1. The van der Waals surface area contributed by atoms with Crippen molar-refractivity contribution in [3.05, 3.63) is 47.0 Å². The van der Waals surface area contributed by atoms with E-state index < -0.39 is 0 Å². The Labute approximate surface area is 196 Å². The summed E-state index contributed by atoms with van der Waals surface area (Å²) in [7, 11) is 1.96. The minimum absolute atomic E-state index is 0.191. The molecule has 0 spiro atoms. The Kier molecular flexibility index (Phi) is 6.13. The van der Waals surface area contributed by atoms with Gasteiger partial charge in [-0.05, 0) is 81.7 Å². The van der Waals surface area contributed by atoms with Crippen molar-refractivity contribution >= 4 is 61.1 Å². The maximum Gasteiger partial charge on any atom is 0.209 e. The molecular formula is C24H26ClN5OS. The molecule has 1 aliphatic rings. The number of thiazole rings is 1. The number of hydrogen-bond acceptors (Lipinski definition) is 6. The van der Waals surface area contributed by atoms with Crippen molar-refractivity contribution in [3.63, 3.8) is 0 Å². The minimum Gasteiger partial charge on any atom is -0.313 e. The molecule has 1 saturated heterocycles. The van der Waals surface area contributed by atoms with Gasteiger partial charge in [0.2, 0.25) is 5.95 Å². The summed E-state index contributed by atoms with van der Waals surface area (Å²) >= 11 is 7.62. The average Bonchev–Trinajstić information content (AvgIpc) is 3.50. The third kappa shape index (κ3) is 4.51. The standard InChI is InChI=1S/C24H26ClN5OS/c1-29-20-10-7-16(21(31)6-2-3-11-30-12-4-5-13-30)14-19(20)26-23(29)28-24-27-18-9-8-17(25)15-22(18)32-24/h7-10,14-15H,2-6,11-13H2,1H3,(H,26,27,28). The van der Waals surface area contributed by atoms with Crippen molar-refractivity contribution in [3.8, 4) is 0 Å². The predicted molar refractivity (Wildman–Crippen MR) is 132 cm³/mol. The summed E-state index contributed by atoms with van der Waals surface area (Å²) in [5, 5.41) is 4.77. The molecular weight excluding hydrogens is 442 g/mol. The summed E-state index contributed by atoms with van der Waals surface area (Å²) in [6, 6.07) is 11.5. The number of benzene rings is 2. The number of aromatic nitrogens is 3. The lowest BCUT2D eigenvalue weighted by Crippen LogP contribution is -2.20. The van der Waals surface area contributed by atoms with Crippen LogP contribution in [0.5, 0.6) is 0 Å². The lowest BCUT2D eigenvalue weighted by atomic mass is 10.0. The molecule has 0 saturated carbocycles. The average molecular weight is 468 g/mol. The van der Waals surface area contributed by atoms with Crippen LogP contribution >= 0.6 is 22.9 Å². The molecule has 4 aromatic rings. The van der Waals surface area contributed by atoms with Crippen molar-refractivity contribution in [2.75, 3.05) is 25.0 Å². The monoisotopic (exact) mass is 467 g/mol. The van der Waals surface area contributed by atoms with Crippen molar-refractivity contribution in [1.82, 2.24) is 19.4 Å². The number of Topliss-reactive ketones (excluding diaryl/α,β-unsaturated/α-hetero) is 1. The molecule has 1 aliphatic heterocycles. The summed E-state index contributed by atoms with van der Waals surface area (Å²) in [5.41, 5.74) is 3.42. The van der Waals surface area contributed by atoms with E-state index >= 15 is 0 Å². The van der Waals surface area contributed by atoms with E-state index in [0.29, 0.717) is 17.4 Å². The maximum atomic E-state index is 12.7. The van der Waals surface area contributed by atoms with E-state index in [1.165, 1.54) is 37.3 Å². The van der Waals surface area contributed by atoms with Crippen LogP contribution in [0.15, 0.2) is 36.4 Å². The summed E-state index contributed by atoms with van der Waals surface area (Å²) in [5.74, 6) is 0.886. The van der Waals surface area contributed by atoms with Crippen LogP contribution in [0.4, 0.5) is 11.1 Å². The van der Waals surface area contributed by atoms with Crippen molar-refractivity contribution in [2.24, 2.45) is 7.05 Å². The van der Waals surface area contributed by atoms with Crippen LogP contribution in [-0.4, -0.2) is 44.9 Å². The number of unbranched alkanes of at least 4 members (excludes halogenated alkanes) is 1. The predicted octanol–water partition coefficient (Wildman–Crippen LogP) is 6.03. The molecule has 0 unspecified atom stereocenters. The Morgan fingerprint density at radius 2 is 1.94 bits per heavy atom. The number of nitrogens with one attached hydrogen (secondary N) is 1. The van der Waals surface area contributed by atoms with Gasteiger partial charge in [0.1, 0.15) is 0 Å². The molecule has 0 amide bonds. The first kappa shape index (κ1) is 21.4. The highest BCUT2D eigenvalue weighted by Crippen LogP contribution is 2.31. The van der Waals surface area contributed by atoms with Crippen molar-refractivity contribution in [2.45, 2.75) is 32.1 Å². The van der Waals surface area contributed by atoms with Gasteiger partial charge in [0.05, 0.1) is 21.3 Å². The smallest absolute Gasteiger partial charge is 0.209 e. The van der Waals surface area contributed by atoms with Crippen LogP contribution in [0, 0.1) is 0 Å². The van der Waals surface area contributed by atoms with Gasteiger partial charge in [-0.1, -0.05) is 22.9 Å². The van der Waals surface area contributed by atoms with Gasteiger partial charge in [-0.2, -0.15) is 0 Å². The molecule has 166 valence electrons. The summed E-state index contributed by atoms with van der Waals surface area (Å²) < 4.78 is 3.01. The highest BCUT2D eigenvalue weighted by atomic mass is 35.5. The fourth-order valence-corrected chi connectivity index (χ4v) is 5.44. The van der Waals surface area contributed by atoms with Crippen molar-refractivity contribution < 1.29 is 4.79 Å². The Bertz CT molecular complexity index is 1270. The summed E-state index contributed by atoms with van der Waals surface area (Å²) in [4.78, 5) is 24.5. The number of anilines is 2. The zero-order chi connectivity index (χ0) is 22.1. The van der Waals surface area contributed by atoms with Gasteiger partial charge in [0.15, 0.2) is 10.9 Å². The van der Waals surface area contributed by atoms with Gasteiger partial charge >= 0.3 is 0 Å². The molecule has 2 aromatic carbocycles. The van der Waals surface area contributed by atoms with E-state index in [1.807, 2.05) is 48.0 Å². The third-order valence-electron chi connectivity index (χ3n) is 6.10. The van der Waals surface area contributed by atoms with Crippen LogP contribution in [0.1, 0.15) is 42.5 Å². The Hall–Kier alpha value is -2.48. The Balaban J connectivity index is 1.27. The zero-order valence-corrected chi connectivity index (χ0v) is 19.7. The van der Waals surface area contributed by atoms with Gasteiger partial charge in [0, 0.05) is 24.1 Å². The zero-order valence-electron chi connectivity index (χ0n) is 18.1. The topological polar surface area (TPSA) is 63.1 Å². The van der Waals surface area contributed by atoms with E-state index in [0.717, 1.165) is 51.3 Å². The SMILES string of the molecule is Cn1c(Nc2nc3ccc(Cl)cc3s2)nc2cc(C(=O)CCCCN3CCCC3)ccc21. The van der Waals surface area contributed by atoms with E-state index in [-0.39, 0.29) is 5.78 Å². The van der Waals surface area contributed by atoms with E-state index in [9.17, 15) is 4.79 Å². The first-order valence-corrected chi connectivity index (χ1v) is 12.3. The number of aryl methyl sites for hydroxylation is 1. The Morgan fingerprint density at radius 3 is 2.78 bits per heavy atom. The van der Waals surface area contributed by atoms with Crippen LogP contribution in [0.2, 0.25) is 5.02 Å². The maximum absolute atomic E-state index is 12.7. The summed E-state index contributed by atoms with van der Waals surface area (Å²) in [6.07, 6.45) is 5.23. The molecule has 3 heterocycles. The highest BCUT2D eigenvalue weighted by Gasteiger charge is 2.14. The van der Waals surface area contributed by atoms with Gasteiger partial charge in [0.25, 0.3) is 0 Å². The number of hydrogen-bond donors (Lipinski definition) is 1. The molecule has 2 aromatic heterocycles. The molecule has 0 aliphatic carbocycles. The number of ketones is 1. The second-order valence-corrected chi connectivity index (χ2v) is 9.85. The third-order valence-corrected chi connectivity index (χ3v) is 7.27. The van der Waals surface area contributed by atoms with Gasteiger partial charge in [-0.25, -0.2) is 9.97 Å². The molecule has 6 nitrogen and oxygen atoms in total. The molecule has 0 bridgehead atoms. The van der Waals surface area contributed by atoms with E-state index in [4.69, 9.17) is 16.6 Å². The van der Waals surface area contributed by atoms with E-state index in [2.05, 4.69) is 15.2 Å². The van der Waals surface area contributed by atoms with Gasteiger partial charge in [-0.3, -0.25) is 4.79 Å². The van der Waals surface area contributed by atoms with Crippen LogP contribution in [0.25, 0.3) is 21.3 Å². The molecule has 1 N–H and O–H groups in total. The number of likely N-dealkylation sites (tertiary alicyclic amines) is 1. The minimum atomic E-state index is 0.191. The summed E-state index contributed by atoms with van der Waals surface area (Å²) in [6.45, 7) is 3.54. The van der Waals surface area contributed by atoms with Crippen molar-refractivity contribution in [1.29, 1.82) is 0 Å². The molecule has 0 atom stereocenters. The van der Waals surface area contributed by atoms with Crippen LogP contribution in [0.3, 0.4) is 0 Å². The van der Waals surface area contributed by atoms with Gasteiger partial charge in [-0.15, -0.1) is 0 Å². The lowest BCUT2D eigenvalue weighted by Gasteiger charge is -2.13. The fourth-order valence-electron chi connectivity index (χ4n) is 4.30. The molecule has 8 heteroatoms. The highest BCUT2D eigenvalue weighted by molar-refractivity contribution is 7.22. The van der Waals surface area contributed by atoms with Gasteiger partial charge < -0.3 is 14.8 Å². The number of carbonyl (C=O) groups is 1. The second kappa shape index (κ2) is 9.17. The largest absolute Gasteiger partial charge is 0.313 e. The quantitative estimate of drug-likeness (QED) is 0.253. The second-order valence-electron chi connectivity index (χ2n) is 8.38. The van der Waals surface area contributed by atoms with Crippen LogP contribution in [-0.2, 0) is 7.05 Å². The van der Waals surface area contributed by atoms with E-state index in [1.54, 1.807) is 0 Å². The van der Waals surface area contributed by atoms with Crippen LogP contribution < -0.4 is 5.32 Å². The number of rotatable bonds is 8. The molecule has 0 radical (unpaired) electrons. The number of carbonyl (C=O) groups excluding carboxylic acids is 1. The molecule has 32 heavy (non-hydrogen) atoms. The first-order chi connectivity index (χ1) is 15.6. The number of fused-ring (bicyclic) bond motifs is 2. The Morgan fingerprint density at radius 1 is 1.09 bits per heavy atom. The molecule has 1 fully saturated rings. The normalized spacial score (nSPS) is 14.6.